The normalized spacial score (nSPS) is 11.7. The first-order chi connectivity index (χ1) is 9.81. The molecular formula is C14H13F3N2OS. The number of thioether (sulfide) groups is 1. The molecule has 2 aromatic rings. The van der Waals surface area contributed by atoms with E-state index in [0.717, 1.165) is 22.9 Å². The van der Waals surface area contributed by atoms with Gasteiger partial charge in [0.2, 0.25) is 0 Å². The average Bonchev–Trinajstić information content (AvgIpc) is 2.39. The molecule has 0 fully saturated rings. The number of hydrogen-bond acceptors (Lipinski definition) is 3. The van der Waals surface area contributed by atoms with E-state index in [-0.39, 0.29) is 11.7 Å². The fraction of sp³-hybridized carbons (Fsp3) is 0.286. The maximum absolute atomic E-state index is 12.7. The van der Waals surface area contributed by atoms with E-state index in [2.05, 4.69) is 4.98 Å². The zero-order chi connectivity index (χ0) is 15.6. The summed E-state index contributed by atoms with van der Waals surface area (Å²) in [5.41, 5.74) is 0.000559. The molecule has 0 saturated carbocycles. The largest absolute Gasteiger partial charge is 0.433 e. The Kier molecular flexibility index (Phi) is 4.41. The molecule has 0 radical (unpaired) electrons. The van der Waals surface area contributed by atoms with E-state index >= 15 is 0 Å². The topological polar surface area (TPSA) is 34.9 Å². The number of hydrogen-bond donors (Lipinski definition) is 0. The summed E-state index contributed by atoms with van der Waals surface area (Å²) in [6, 6.07) is 7.99. The van der Waals surface area contributed by atoms with E-state index < -0.39 is 17.4 Å². The van der Waals surface area contributed by atoms with Gasteiger partial charge in [-0.15, -0.1) is 0 Å². The molecule has 0 aliphatic heterocycles. The molecule has 0 aliphatic rings. The lowest BCUT2D eigenvalue weighted by Crippen LogP contribution is -2.26. The SMILES string of the molecule is CSc1nc(C(F)(F)F)cc(=O)n1Cc1cccc(C)c1. The van der Waals surface area contributed by atoms with E-state index in [4.69, 9.17) is 0 Å². The molecule has 0 aliphatic carbocycles. The molecule has 0 unspecified atom stereocenters. The highest BCUT2D eigenvalue weighted by molar-refractivity contribution is 7.98. The van der Waals surface area contributed by atoms with Crippen LogP contribution in [0.15, 0.2) is 40.3 Å². The second-order valence-electron chi connectivity index (χ2n) is 4.54. The minimum atomic E-state index is -4.62. The molecule has 0 atom stereocenters. The van der Waals surface area contributed by atoms with Crippen molar-refractivity contribution in [3.8, 4) is 0 Å². The first kappa shape index (κ1) is 15.6. The molecule has 0 spiro atoms. The Morgan fingerprint density at radius 2 is 2.00 bits per heavy atom. The zero-order valence-corrected chi connectivity index (χ0v) is 12.3. The van der Waals surface area contributed by atoms with Crippen molar-refractivity contribution in [2.75, 3.05) is 6.26 Å². The summed E-state index contributed by atoms with van der Waals surface area (Å²) in [5.74, 6) is 0. The van der Waals surface area contributed by atoms with Crippen molar-refractivity contribution in [2.45, 2.75) is 24.8 Å². The van der Waals surface area contributed by atoms with Crippen LogP contribution in [-0.4, -0.2) is 15.8 Å². The third-order valence-corrected chi connectivity index (χ3v) is 3.55. The van der Waals surface area contributed by atoms with Crippen LogP contribution in [0.1, 0.15) is 16.8 Å². The minimum absolute atomic E-state index is 0.0522. The average molecular weight is 314 g/mol. The van der Waals surface area contributed by atoms with E-state index in [1.165, 1.54) is 4.57 Å². The molecule has 21 heavy (non-hydrogen) atoms. The monoisotopic (exact) mass is 314 g/mol. The van der Waals surface area contributed by atoms with Gasteiger partial charge in [0.05, 0.1) is 6.54 Å². The number of aryl methyl sites for hydroxylation is 1. The standard InChI is InChI=1S/C14H13F3N2OS/c1-9-4-3-5-10(6-9)8-19-12(20)7-11(14(15,16)17)18-13(19)21-2/h3-7H,8H2,1-2H3. The van der Waals surface area contributed by atoms with Crippen molar-refractivity contribution in [1.82, 2.24) is 9.55 Å². The number of rotatable bonds is 3. The Morgan fingerprint density at radius 3 is 2.57 bits per heavy atom. The summed E-state index contributed by atoms with van der Waals surface area (Å²) in [4.78, 5) is 15.5. The molecule has 7 heteroatoms. The Balaban J connectivity index is 2.47. The molecule has 2 rings (SSSR count). The van der Waals surface area contributed by atoms with Crippen LogP contribution in [0.5, 0.6) is 0 Å². The molecule has 1 aromatic heterocycles. The summed E-state index contributed by atoms with van der Waals surface area (Å²) in [6.07, 6.45) is -3.03. The van der Waals surface area contributed by atoms with E-state index in [9.17, 15) is 18.0 Å². The summed E-state index contributed by atoms with van der Waals surface area (Å²) in [5, 5.41) is 0.0522. The fourth-order valence-corrected chi connectivity index (χ4v) is 2.49. The number of nitrogens with zero attached hydrogens (tertiary/aromatic N) is 2. The van der Waals surface area contributed by atoms with Gasteiger partial charge in [-0.1, -0.05) is 41.6 Å². The highest BCUT2D eigenvalue weighted by atomic mass is 32.2. The molecular weight excluding hydrogens is 301 g/mol. The molecule has 0 amide bonds. The van der Waals surface area contributed by atoms with E-state index in [1.807, 2.05) is 31.2 Å². The van der Waals surface area contributed by atoms with Crippen molar-refractivity contribution >= 4 is 11.8 Å². The first-order valence-electron chi connectivity index (χ1n) is 6.10. The van der Waals surface area contributed by atoms with Crippen molar-refractivity contribution in [3.05, 3.63) is 57.5 Å². The molecule has 1 aromatic carbocycles. The summed E-state index contributed by atoms with van der Waals surface area (Å²) < 4.78 is 39.3. The molecule has 0 N–H and O–H groups in total. The van der Waals surface area contributed by atoms with Gasteiger partial charge in [0.1, 0.15) is 0 Å². The van der Waals surface area contributed by atoms with Crippen molar-refractivity contribution in [1.29, 1.82) is 0 Å². The van der Waals surface area contributed by atoms with Gasteiger partial charge >= 0.3 is 6.18 Å². The Hall–Kier alpha value is -1.76. The lowest BCUT2D eigenvalue weighted by molar-refractivity contribution is -0.141. The number of halogens is 3. The molecule has 1 heterocycles. The van der Waals surface area contributed by atoms with Crippen LogP contribution < -0.4 is 5.56 Å². The van der Waals surface area contributed by atoms with Gasteiger partial charge in [-0.25, -0.2) is 4.98 Å². The predicted octanol–water partition coefficient (Wildman–Crippen LogP) is 3.34. The van der Waals surface area contributed by atoms with Gasteiger partial charge in [-0.05, 0) is 18.7 Å². The van der Waals surface area contributed by atoms with E-state index in [0.29, 0.717) is 6.07 Å². The fourth-order valence-electron chi connectivity index (χ4n) is 1.92. The van der Waals surface area contributed by atoms with Gasteiger partial charge in [0.25, 0.3) is 5.56 Å². The van der Waals surface area contributed by atoms with Gasteiger partial charge in [0, 0.05) is 6.07 Å². The Morgan fingerprint density at radius 1 is 1.29 bits per heavy atom. The molecule has 3 nitrogen and oxygen atoms in total. The van der Waals surface area contributed by atoms with Gasteiger partial charge < -0.3 is 0 Å². The highest BCUT2D eigenvalue weighted by Gasteiger charge is 2.34. The Bertz CT molecular complexity index is 710. The number of aromatic nitrogens is 2. The lowest BCUT2D eigenvalue weighted by Gasteiger charge is -2.13. The van der Waals surface area contributed by atoms with Crippen LogP contribution in [0.3, 0.4) is 0 Å². The third kappa shape index (κ3) is 3.66. The third-order valence-electron chi connectivity index (χ3n) is 2.87. The summed E-state index contributed by atoms with van der Waals surface area (Å²) >= 11 is 1.02. The second-order valence-corrected chi connectivity index (χ2v) is 5.31. The lowest BCUT2D eigenvalue weighted by atomic mass is 10.1. The molecule has 0 bridgehead atoms. The molecule has 0 saturated heterocycles. The highest BCUT2D eigenvalue weighted by Crippen LogP contribution is 2.28. The van der Waals surface area contributed by atoms with Crippen molar-refractivity contribution in [3.63, 3.8) is 0 Å². The van der Waals surface area contributed by atoms with Crippen LogP contribution in [0.2, 0.25) is 0 Å². The first-order valence-corrected chi connectivity index (χ1v) is 7.32. The van der Waals surface area contributed by atoms with Crippen molar-refractivity contribution < 1.29 is 13.2 Å². The van der Waals surface area contributed by atoms with Crippen molar-refractivity contribution in [2.24, 2.45) is 0 Å². The van der Waals surface area contributed by atoms with Crippen LogP contribution in [0, 0.1) is 6.92 Å². The Labute approximate surface area is 123 Å². The van der Waals surface area contributed by atoms with Gasteiger partial charge in [-0.2, -0.15) is 13.2 Å². The van der Waals surface area contributed by atoms with Gasteiger partial charge in [-0.3, -0.25) is 9.36 Å². The minimum Gasteiger partial charge on any atom is -0.283 e. The quantitative estimate of drug-likeness (QED) is 0.644. The molecule has 112 valence electrons. The second kappa shape index (κ2) is 5.93. The van der Waals surface area contributed by atoms with E-state index in [1.54, 1.807) is 6.26 Å². The zero-order valence-electron chi connectivity index (χ0n) is 11.4. The summed E-state index contributed by atoms with van der Waals surface area (Å²) in [6.45, 7) is 2.11. The maximum Gasteiger partial charge on any atom is 0.433 e. The van der Waals surface area contributed by atoms with Crippen LogP contribution in [0.4, 0.5) is 13.2 Å². The van der Waals surface area contributed by atoms with Crippen LogP contribution in [-0.2, 0) is 12.7 Å². The maximum atomic E-state index is 12.7. The number of alkyl halides is 3. The smallest absolute Gasteiger partial charge is 0.283 e. The van der Waals surface area contributed by atoms with Crippen LogP contribution in [0.25, 0.3) is 0 Å². The summed E-state index contributed by atoms with van der Waals surface area (Å²) in [7, 11) is 0. The van der Waals surface area contributed by atoms with Gasteiger partial charge in [0.15, 0.2) is 10.9 Å². The number of benzene rings is 1. The predicted molar refractivity (Wildman–Crippen MR) is 75.6 cm³/mol. The van der Waals surface area contributed by atoms with Crippen LogP contribution >= 0.6 is 11.8 Å².